The molecule has 0 aromatic heterocycles. The molecule has 0 heterocycles. The van der Waals surface area contributed by atoms with Gasteiger partial charge in [-0.2, -0.15) is 0 Å². The fourth-order valence-electron chi connectivity index (χ4n) is 2.43. The van der Waals surface area contributed by atoms with Crippen LogP contribution in [0.25, 0.3) is 0 Å². The molecule has 23 heavy (non-hydrogen) atoms. The molecule has 122 valence electrons. The summed E-state index contributed by atoms with van der Waals surface area (Å²) in [6.45, 7) is 3.56. The van der Waals surface area contributed by atoms with Gasteiger partial charge in [0.1, 0.15) is 0 Å². The Morgan fingerprint density at radius 2 is 1.48 bits per heavy atom. The van der Waals surface area contributed by atoms with Crippen LogP contribution in [0.5, 0.6) is 0 Å². The molecule has 0 amide bonds. The molecule has 1 atom stereocenters. The van der Waals surface area contributed by atoms with E-state index in [1.807, 2.05) is 65.6 Å². The summed E-state index contributed by atoms with van der Waals surface area (Å²) in [4.78, 5) is 13.7. The number of aliphatic hydroxyl groups is 1. The largest absolute Gasteiger partial charge is 0.464 e. The van der Waals surface area contributed by atoms with Crippen molar-refractivity contribution in [3.63, 3.8) is 0 Å². The first-order chi connectivity index (χ1) is 11.2. The van der Waals surface area contributed by atoms with Gasteiger partial charge in [-0.1, -0.05) is 60.7 Å². The Morgan fingerprint density at radius 1 is 1.00 bits per heavy atom. The van der Waals surface area contributed by atoms with Crippen LogP contribution in [-0.4, -0.2) is 35.2 Å². The molecule has 0 radical (unpaired) electrons. The minimum absolute atomic E-state index is 0.239. The predicted molar refractivity (Wildman–Crippen MR) is 89.6 cm³/mol. The van der Waals surface area contributed by atoms with Crippen molar-refractivity contribution in [1.82, 2.24) is 4.90 Å². The van der Waals surface area contributed by atoms with Crippen molar-refractivity contribution in [1.29, 1.82) is 0 Å². The average molecular weight is 313 g/mol. The number of ether oxygens (including phenoxy) is 1. The van der Waals surface area contributed by atoms with Gasteiger partial charge >= 0.3 is 5.97 Å². The molecule has 0 spiro atoms. The number of aliphatic hydroxyl groups excluding tert-OH is 1. The van der Waals surface area contributed by atoms with Gasteiger partial charge in [0.05, 0.1) is 6.61 Å². The summed E-state index contributed by atoms with van der Waals surface area (Å²) in [6, 6.07) is 20.0. The summed E-state index contributed by atoms with van der Waals surface area (Å²) < 4.78 is 4.89. The minimum atomic E-state index is -1.14. The zero-order chi connectivity index (χ0) is 16.5. The van der Waals surface area contributed by atoms with Crippen molar-refractivity contribution in [2.24, 2.45) is 0 Å². The molecule has 0 aliphatic rings. The fraction of sp³-hybridized carbons (Fsp3) is 0.316. The number of nitrogens with zero attached hydrogens (tertiary/aromatic N) is 1. The van der Waals surface area contributed by atoms with E-state index in [1.54, 1.807) is 6.92 Å². The van der Waals surface area contributed by atoms with Crippen molar-refractivity contribution < 1.29 is 14.6 Å². The smallest absolute Gasteiger partial charge is 0.336 e. The number of carbonyl (C=O) groups is 1. The van der Waals surface area contributed by atoms with Gasteiger partial charge in [-0.3, -0.25) is 4.90 Å². The van der Waals surface area contributed by atoms with E-state index in [9.17, 15) is 9.90 Å². The fourth-order valence-corrected chi connectivity index (χ4v) is 2.43. The Kier molecular flexibility index (Phi) is 6.78. The number of hydrogen-bond acceptors (Lipinski definition) is 4. The predicted octanol–water partition coefficient (Wildman–Crippen LogP) is 2.61. The highest BCUT2D eigenvalue weighted by Gasteiger charge is 2.20. The number of esters is 1. The summed E-state index contributed by atoms with van der Waals surface area (Å²) in [7, 11) is 0. The molecule has 1 N–H and O–H groups in total. The van der Waals surface area contributed by atoms with Gasteiger partial charge in [0.15, 0.2) is 6.10 Å². The van der Waals surface area contributed by atoms with Crippen LogP contribution in [0.2, 0.25) is 0 Å². The maximum absolute atomic E-state index is 11.7. The second kappa shape index (κ2) is 9.08. The van der Waals surface area contributed by atoms with Gasteiger partial charge in [0.25, 0.3) is 0 Å². The van der Waals surface area contributed by atoms with E-state index in [-0.39, 0.29) is 13.2 Å². The standard InChI is InChI=1S/C19H23NO3/c1-2-23-19(22)18(21)15-20(13-16-9-5-3-6-10-16)14-17-11-7-4-8-12-17/h3-12,18,21H,2,13-15H2,1H3/t18-/m0/s1. The minimum Gasteiger partial charge on any atom is -0.464 e. The van der Waals surface area contributed by atoms with Gasteiger partial charge in [-0.05, 0) is 18.1 Å². The van der Waals surface area contributed by atoms with E-state index < -0.39 is 12.1 Å². The molecule has 0 bridgehead atoms. The first-order valence-corrected chi connectivity index (χ1v) is 7.84. The Labute approximate surface area is 137 Å². The van der Waals surface area contributed by atoms with Crippen LogP contribution in [-0.2, 0) is 22.6 Å². The van der Waals surface area contributed by atoms with Crippen molar-refractivity contribution in [3.8, 4) is 0 Å². The zero-order valence-corrected chi connectivity index (χ0v) is 13.4. The summed E-state index contributed by atoms with van der Waals surface area (Å²) in [5.74, 6) is -0.571. The van der Waals surface area contributed by atoms with Gasteiger partial charge in [-0.25, -0.2) is 4.79 Å². The van der Waals surface area contributed by atoms with E-state index in [1.165, 1.54) is 0 Å². The first kappa shape index (κ1) is 17.2. The SMILES string of the molecule is CCOC(=O)[C@@H](O)CN(Cc1ccccc1)Cc1ccccc1. The molecule has 0 unspecified atom stereocenters. The average Bonchev–Trinajstić information content (AvgIpc) is 2.57. The maximum atomic E-state index is 11.7. The molecule has 0 aliphatic heterocycles. The molecule has 0 fully saturated rings. The van der Waals surface area contributed by atoms with Crippen LogP contribution in [0.1, 0.15) is 18.1 Å². The lowest BCUT2D eigenvalue weighted by Crippen LogP contribution is -2.37. The van der Waals surface area contributed by atoms with E-state index in [0.717, 1.165) is 11.1 Å². The lowest BCUT2D eigenvalue weighted by atomic mass is 10.1. The number of carbonyl (C=O) groups excluding carboxylic acids is 1. The number of benzene rings is 2. The molecular weight excluding hydrogens is 290 g/mol. The molecule has 0 aliphatic carbocycles. The number of hydrogen-bond donors (Lipinski definition) is 1. The highest BCUT2D eigenvalue weighted by atomic mass is 16.5. The highest BCUT2D eigenvalue weighted by Crippen LogP contribution is 2.11. The summed E-state index contributed by atoms with van der Waals surface area (Å²) in [5.41, 5.74) is 2.28. The summed E-state index contributed by atoms with van der Waals surface area (Å²) in [5, 5.41) is 10.1. The molecule has 4 heteroatoms. The molecule has 2 aromatic carbocycles. The van der Waals surface area contributed by atoms with Crippen LogP contribution in [0.3, 0.4) is 0 Å². The van der Waals surface area contributed by atoms with Gasteiger partial charge in [0.2, 0.25) is 0 Å². The molecule has 2 rings (SSSR count). The zero-order valence-electron chi connectivity index (χ0n) is 13.4. The topological polar surface area (TPSA) is 49.8 Å². The summed E-state index contributed by atoms with van der Waals surface area (Å²) >= 11 is 0. The molecule has 4 nitrogen and oxygen atoms in total. The summed E-state index contributed by atoms with van der Waals surface area (Å²) in [6.07, 6.45) is -1.14. The lowest BCUT2D eigenvalue weighted by molar-refractivity contribution is -0.154. The Hall–Kier alpha value is -2.17. The highest BCUT2D eigenvalue weighted by molar-refractivity contribution is 5.74. The molecular formula is C19H23NO3. The Balaban J connectivity index is 2.06. The number of rotatable bonds is 8. The Bertz CT molecular complexity index is 545. The van der Waals surface area contributed by atoms with Crippen molar-refractivity contribution in [2.45, 2.75) is 26.1 Å². The van der Waals surface area contributed by atoms with E-state index in [2.05, 4.69) is 0 Å². The maximum Gasteiger partial charge on any atom is 0.336 e. The lowest BCUT2D eigenvalue weighted by Gasteiger charge is -2.24. The van der Waals surface area contributed by atoms with Crippen LogP contribution < -0.4 is 0 Å². The van der Waals surface area contributed by atoms with E-state index in [0.29, 0.717) is 13.1 Å². The quantitative estimate of drug-likeness (QED) is 0.761. The van der Waals surface area contributed by atoms with Crippen LogP contribution in [0.4, 0.5) is 0 Å². The molecule has 2 aromatic rings. The monoisotopic (exact) mass is 313 g/mol. The van der Waals surface area contributed by atoms with Crippen LogP contribution in [0.15, 0.2) is 60.7 Å². The molecule has 0 saturated carbocycles. The van der Waals surface area contributed by atoms with Crippen molar-refractivity contribution in [2.75, 3.05) is 13.2 Å². The second-order valence-corrected chi connectivity index (χ2v) is 5.41. The third-order valence-electron chi connectivity index (χ3n) is 3.49. The van der Waals surface area contributed by atoms with Crippen LogP contribution >= 0.6 is 0 Å². The third kappa shape index (κ3) is 5.85. The first-order valence-electron chi connectivity index (χ1n) is 7.84. The second-order valence-electron chi connectivity index (χ2n) is 5.41. The normalized spacial score (nSPS) is 12.1. The van der Waals surface area contributed by atoms with Crippen LogP contribution in [0, 0.1) is 0 Å². The Morgan fingerprint density at radius 3 is 1.91 bits per heavy atom. The van der Waals surface area contributed by atoms with Gasteiger partial charge in [0, 0.05) is 19.6 Å². The van der Waals surface area contributed by atoms with Crippen molar-refractivity contribution >= 4 is 5.97 Å². The third-order valence-corrected chi connectivity index (χ3v) is 3.49. The van der Waals surface area contributed by atoms with Crippen molar-refractivity contribution in [3.05, 3.63) is 71.8 Å². The van der Waals surface area contributed by atoms with E-state index in [4.69, 9.17) is 4.74 Å². The van der Waals surface area contributed by atoms with Gasteiger partial charge < -0.3 is 9.84 Å². The molecule has 0 saturated heterocycles. The van der Waals surface area contributed by atoms with E-state index >= 15 is 0 Å². The van der Waals surface area contributed by atoms with Gasteiger partial charge in [-0.15, -0.1) is 0 Å².